The fourth-order valence-electron chi connectivity index (χ4n) is 2.19. The second kappa shape index (κ2) is 7.61. The molecular formula is C17H18N4O4. The van der Waals surface area contributed by atoms with Gasteiger partial charge in [0.05, 0.1) is 19.6 Å². The smallest absolute Gasteiger partial charge is 0.246 e. The molecule has 130 valence electrons. The van der Waals surface area contributed by atoms with Crippen LogP contribution in [-0.2, 0) is 17.8 Å². The van der Waals surface area contributed by atoms with E-state index >= 15 is 0 Å². The molecule has 0 saturated heterocycles. The maximum Gasteiger partial charge on any atom is 0.246 e. The molecule has 0 aliphatic heterocycles. The van der Waals surface area contributed by atoms with Crippen LogP contribution >= 0.6 is 0 Å². The number of benzene rings is 1. The molecule has 2 heterocycles. The first-order valence-corrected chi connectivity index (χ1v) is 7.88. The van der Waals surface area contributed by atoms with E-state index in [1.165, 1.54) is 0 Å². The van der Waals surface area contributed by atoms with E-state index in [4.69, 9.17) is 13.8 Å². The van der Waals surface area contributed by atoms with Gasteiger partial charge in [-0.05, 0) is 31.5 Å². The summed E-state index contributed by atoms with van der Waals surface area (Å²) >= 11 is 0. The van der Waals surface area contributed by atoms with Crippen molar-refractivity contribution in [1.82, 2.24) is 20.6 Å². The summed E-state index contributed by atoms with van der Waals surface area (Å²) < 4.78 is 15.4. The van der Waals surface area contributed by atoms with E-state index in [0.717, 1.165) is 11.3 Å². The lowest BCUT2D eigenvalue weighted by Crippen LogP contribution is -2.24. The summed E-state index contributed by atoms with van der Waals surface area (Å²) in [5.74, 6) is 1.93. The van der Waals surface area contributed by atoms with Crippen LogP contribution in [0.2, 0.25) is 0 Å². The first-order chi connectivity index (χ1) is 12.1. The molecule has 0 atom stereocenters. The van der Waals surface area contributed by atoms with Crippen LogP contribution in [-0.4, -0.2) is 27.8 Å². The Bertz CT molecular complexity index is 838. The summed E-state index contributed by atoms with van der Waals surface area (Å²) in [5.41, 5.74) is 1.39. The van der Waals surface area contributed by atoms with E-state index in [9.17, 15) is 4.79 Å². The average molecular weight is 342 g/mol. The molecule has 1 N–H and O–H groups in total. The molecule has 3 rings (SSSR count). The molecule has 0 bridgehead atoms. The van der Waals surface area contributed by atoms with E-state index in [0.29, 0.717) is 29.8 Å². The topological polar surface area (TPSA) is 103 Å². The van der Waals surface area contributed by atoms with Crippen LogP contribution in [0, 0.1) is 6.92 Å². The Morgan fingerprint density at radius 1 is 1.20 bits per heavy atom. The van der Waals surface area contributed by atoms with E-state index in [-0.39, 0.29) is 18.9 Å². The monoisotopic (exact) mass is 342 g/mol. The van der Waals surface area contributed by atoms with Crippen LogP contribution in [0.4, 0.5) is 0 Å². The van der Waals surface area contributed by atoms with Gasteiger partial charge in [-0.2, -0.15) is 4.98 Å². The quantitative estimate of drug-likeness (QED) is 0.702. The molecule has 1 aromatic carbocycles. The van der Waals surface area contributed by atoms with E-state index in [1.807, 2.05) is 31.2 Å². The predicted molar refractivity (Wildman–Crippen MR) is 87.7 cm³/mol. The molecule has 0 spiro atoms. The summed E-state index contributed by atoms with van der Waals surface area (Å²) in [7, 11) is 0. The number of carbonyl (C=O) groups excluding carboxylic acids is 1. The zero-order chi connectivity index (χ0) is 17.6. The second-order valence-electron chi connectivity index (χ2n) is 5.36. The van der Waals surface area contributed by atoms with Crippen LogP contribution in [0.25, 0.3) is 11.5 Å². The molecule has 2 aromatic heterocycles. The summed E-state index contributed by atoms with van der Waals surface area (Å²) in [6.07, 6.45) is 0.260. The lowest BCUT2D eigenvalue weighted by Gasteiger charge is -2.05. The molecule has 8 nitrogen and oxygen atoms in total. The molecule has 1 amide bonds. The first-order valence-electron chi connectivity index (χ1n) is 7.88. The Balaban J connectivity index is 1.51. The van der Waals surface area contributed by atoms with Crippen molar-refractivity contribution in [1.29, 1.82) is 0 Å². The molecule has 0 radical (unpaired) electrons. The minimum absolute atomic E-state index is 0.138. The lowest BCUT2D eigenvalue weighted by molar-refractivity contribution is -0.120. The van der Waals surface area contributed by atoms with Crippen molar-refractivity contribution in [3.8, 4) is 17.3 Å². The number of carbonyl (C=O) groups is 1. The number of ether oxygens (including phenoxy) is 1. The molecule has 0 fully saturated rings. The van der Waals surface area contributed by atoms with Crippen molar-refractivity contribution < 1.29 is 18.6 Å². The Hall–Kier alpha value is -3.16. The van der Waals surface area contributed by atoms with Gasteiger partial charge in [-0.25, -0.2) is 0 Å². The van der Waals surface area contributed by atoms with Gasteiger partial charge in [0, 0.05) is 6.07 Å². The lowest BCUT2D eigenvalue weighted by atomic mass is 10.1. The van der Waals surface area contributed by atoms with E-state index in [2.05, 4.69) is 20.6 Å². The van der Waals surface area contributed by atoms with E-state index in [1.54, 1.807) is 13.0 Å². The largest absolute Gasteiger partial charge is 0.494 e. The normalized spacial score (nSPS) is 10.6. The van der Waals surface area contributed by atoms with Crippen molar-refractivity contribution in [2.45, 2.75) is 26.8 Å². The molecule has 3 aromatic rings. The highest BCUT2D eigenvalue weighted by Gasteiger charge is 2.13. The Morgan fingerprint density at radius 2 is 2.00 bits per heavy atom. The molecule has 8 heteroatoms. The zero-order valence-corrected chi connectivity index (χ0v) is 14.0. The number of hydrogen-bond acceptors (Lipinski definition) is 7. The summed E-state index contributed by atoms with van der Waals surface area (Å²) in [6, 6.07) is 9.12. The van der Waals surface area contributed by atoms with Crippen LogP contribution in [0.3, 0.4) is 0 Å². The van der Waals surface area contributed by atoms with Crippen LogP contribution in [0.1, 0.15) is 24.1 Å². The number of nitrogens with one attached hydrogen (secondary N) is 1. The first kappa shape index (κ1) is 16.7. The molecule has 0 aliphatic rings. The molecule has 0 saturated carbocycles. The van der Waals surface area contributed by atoms with Gasteiger partial charge in [-0.15, -0.1) is 0 Å². The van der Waals surface area contributed by atoms with Gasteiger partial charge in [0.15, 0.2) is 5.69 Å². The minimum atomic E-state index is -0.138. The molecule has 0 unspecified atom stereocenters. The van der Waals surface area contributed by atoms with Gasteiger partial charge in [-0.1, -0.05) is 22.4 Å². The molecule has 0 aliphatic carbocycles. The number of aromatic nitrogens is 3. The molecule has 25 heavy (non-hydrogen) atoms. The third kappa shape index (κ3) is 4.43. The van der Waals surface area contributed by atoms with Gasteiger partial charge >= 0.3 is 0 Å². The van der Waals surface area contributed by atoms with Gasteiger partial charge in [0.1, 0.15) is 11.5 Å². The fraction of sp³-hybridized carbons (Fsp3) is 0.294. The van der Waals surface area contributed by atoms with Crippen molar-refractivity contribution in [2.75, 3.05) is 6.61 Å². The maximum absolute atomic E-state index is 12.0. The van der Waals surface area contributed by atoms with Crippen LogP contribution in [0.15, 0.2) is 39.4 Å². The van der Waals surface area contributed by atoms with Crippen LogP contribution < -0.4 is 10.1 Å². The van der Waals surface area contributed by atoms with Crippen molar-refractivity contribution in [3.63, 3.8) is 0 Å². The maximum atomic E-state index is 12.0. The van der Waals surface area contributed by atoms with E-state index < -0.39 is 0 Å². The van der Waals surface area contributed by atoms with Crippen molar-refractivity contribution in [2.24, 2.45) is 0 Å². The Morgan fingerprint density at radius 3 is 2.68 bits per heavy atom. The fourth-order valence-corrected chi connectivity index (χ4v) is 2.19. The highest BCUT2D eigenvalue weighted by atomic mass is 16.5. The SMILES string of the molecule is CCOc1ccc(CC(=O)NCc2nc(-c3cc(C)on3)no2)cc1. The van der Waals surface area contributed by atoms with Crippen molar-refractivity contribution in [3.05, 3.63) is 47.5 Å². The van der Waals surface area contributed by atoms with Gasteiger partial charge in [0.25, 0.3) is 0 Å². The summed E-state index contributed by atoms with van der Waals surface area (Å²) in [6.45, 7) is 4.46. The zero-order valence-electron chi connectivity index (χ0n) is 14.0. The molecular weight excluding hydrogens is 324 g/mol. The third-order valence-electron chi connectivity index (χ3n) is 3.36. The number of amides is 1. The highest BCUT2D eigenvalue weighted by Crippen LogP contribution is 2.15. The Kier molecular flexibility index (Phi) is 5.08. The number of aryl methyl sites for hydroxylation is 1. The predicted octanol–water partition coefficient (Wildman–Crippen LogP) is 2.29. The van der Waals surface area contributed by atoms with Gasteiger partial charge in [0.2, 0.25) is 17.6 Å². The van der Waals surface area contributed by atoms with Crippen molar-refractivity contribution >= 4 is 5.91 Å². The number of nitrogens with zero attached hydrogens (tertiary/aromatic N) is 3. The summed E-state index contributed by atoms with van der Waals surface area (Å²) in [4.78, 5) is 16.2. The van der Waals surface area contributed by atoms with Gasteiger partial charge < -0.3 is 19.1 Å². The second-order valence-corrected chi connectivity index (χ2v) is 5.36. The highest BCUT2D eigenvalue weighted by molar-refractivity contribution is 5.78. The Labute approximate surface area is 144 Å². The average Bonchev–Trinajstić information content (AvgIpc) is 3.24. The number of hydrogen-bond donors (Lipinski definition) is 1. The standard InChI is InChI=1S/C17H18N4O4/c1-3-23-13-6-4-12(5-7-13)9-15(22)18-10-16-19-17(21-25-16)14-8-11(2)24-20-14/h4-8H,3,9-10H2,1-2H3,(H,18,22). The van der Waals surface area contributed by atoms with Crippen LogP contribution in [0.5, 0.6) is 5.75 Å². The third-order valence-corrected chi connectivity index (χ3v) is 3.36. The summed E-state index contributed by atoms with van der Waals surface area (Å²) in [5, 5.41) is 10.4. The van der Waals surface area contributed by atoms with Gasteiger partial charge in [-0.3, -0.25) is 4.79 Å². The number of rotatable bonds is 7. The minimum Gasteiger partial charge on any atom is -0.494 e.